The summed E-state index contributed by atoms with van der Waals surface area (Å²) >= 11 is 7.55. The van der Waals surface area contributed by atoms with Crippen LogP contribution >= 0.6 is 22.9 Å². The van der Waals surface area contributed by atoms with Crippen LogP contribution in [0.25, 0.3) is 5.00 Å². The van der Waals surface area contributed by atoms with Crippen LogP contribution < -0.4 is 20.7 Å². The molecule has 6 amide bonds. The van der Waals surface area contributed by atoms with Gasteiger partial charge in [-0.3, -0.25) is 53.3 Å². The van der Waals surface area contributed by atoms with Crippen molar-refractivity contribution in [2.24, 2.45) is 4.99 Å². The predicted octanol–water partition coefficient (Wildman–Crippen LogP) is 4.72. The lowest BCUT2D eigenvalue weighted by Crippen LogP contribution is -2.54. The minimum Gasteiger partial charge on any atom is -0.483 e. The third kappa shape index (κ3) is 9.16. The summed E-state index contributed by atoms with van der Waals surface area (Å²) in [6.07, 6.45) is 5.22. The lowest BCUT2D eigenvalue weighted by Gasteiger charge is -2.27. The standard InChI is InChI=1S/C43H45ClN8O9S/c1-23-34-36(25-13-15-26(44)16-14-25)47-28(21-33(55)60-3)38-50-49-24(2)51(38)43(34)62-37(23)40(57)46-20-9-7-5-4-6-8-19-45-32(54)22-61-30-12-10-11-27-35(30)42(59)52(41(27)58)29-17-18-31(53)48-39(29)56/h10-16,28-29H,4-9,17-22H2,1-3H3,(H,45,54)(H,46,57)(H,48,53,56). The number of rotatable bonds is 17. The highest BCUT2D eigenvalue weighted by molar-refractivity contribution is 7.17. The number of methoxy groups -OCH3 is 1. The molecular weight excluding hydrogens is 840 g/mol. The molecule has 2 aromatic carbocycles. The van der Waals surface area contributed by atoms with Crippen LogP contribution in [0.4, 0.5) is 0 Å². The molecule has 0 spiro atoms. The normalized spacial score (nSPS) is 16.8. The fourth-order valence-electron chi connectivity index (χ4n) is 7.75. The van der Waals surface area contributed by atoms with Crippen LogP contribution in [0.1, 0.15) is 123 Å². The molecule has 3 aliphatic heterocycles. The highest BCUT2D eigenvalue weighted by atomic mass is 35.5. The van der Waals surface area contributed by atoms with Crippen molar-refractivity contribution in [1.29, 1.82) is 0 Å². The number of aliphatic imine (C=N–C) groups is 1. The average molecular weight is 885 g/mol. The number of halogens is 1. The smallest absolute Gasteiger partial charge is 0.308 e. The molecule has 62 heavy (non-hydrogen) atoms. The first-order valence-electron chi connectivity index (χ1n) is 20.4. The number of carbonyl (C=O) groups excluding carboxylic acids is 7. The number of hydrogen-bond acceptors (Lipinski definition) is 13. The molecule has 1 saturated heterocycles. The number of thiophene rings is 1. The van der Waals surface area contributed by atoms with Crippen molar-refractivity contribution in [1.82, 2.24) is 35.6 Å². The maximum atomic E-state index is 13.6. The zero-order valence-corrected chi connectivity index (χ0v) is 36.0. The number of aromatic nitrogens is 3. The van der Waals surface area contributed by atoms with Crippen molar-refractivity contribution in [3.63, 3.8) is 0 Å². The third-order valence-electron chi connectivity index (χ3n) is 10.9. The van der Waals surface area contributed by atoms with E-state index in [-0.39, 0.29) is 54.6 Å². The average Bonchev–Trinajstić information content (AvgIpc) is 3.85. The molecule has 1 fully saturated rings. The van der Waals surface area contributed by atoms with E-state index in [1.54, 1.807) is 12.1 Å². The summed E-state index contributed by atoms with van der Waals surface area (Å²) in [7, 11) is 1.33. The fourth-order valence-corrected chi connectivity index (χ4v) is 9.15. The number of piperidine rings is 1. The van der Waals surface area contributed by atoms with Crippen LogP contribution in [0.5, 0.6) is 5.75 Å². The Balaban J connectivity index is 0.850. The van der Waals surface area contributed by atoms with Gasteiger partial charge in [-0.2, -0.15) is 0 Å². The van der Waals surface area contributed by atoms with E-state index in [9.17, 15) is 33.6 Å². The second-order valence-corrected chi connectivity index (χ2v) is 16.5. The van der Waals surface area contributed by atoms with E-state index in [0.29, 0.717) is 40.3 Å². The van der Waals surface area contributed by atoms with Crippen LogP contribution in [0.3, 0.4) is 0 Å². The number of aryl methyl sites for hydroxylation is 1. The molecule has 0 saturated carbocycles. The molecule has 19 heteroatoms. The van der Waals surface area contributed by atoms with Crippen molar-refractivity contribution < 1.29 is 43.0 Å². The number of fused-ring (bicyclic) bond motifs is 4. The maximum Gasteiger partial charge on any atom is 0.308 e. The number of unbranched alkanes of at least 4 members (excludes halogenated alkanes) is 5. The Hall–Kier alpha value is -6.27. The largest absolute Gasteiger partial charge is 0.483 e. The molecule has 0 radical (unpaired) electrons. The predicted molar refractivity (Wildman–Crippen MR) is 227 cm³/mol. The van der Waals surface area contributed by atoms with Gasteiger partial charge >= 0.3 is 5.97 Å². The van der Waals surface area contributed by atoms with Crippen LogP contribution in [-0.4, -0.2) is 99.6 Å². The van der Waals surface area contributed by atoms with Crippen LogP contribution in [0, 0.1) is 13.8 Å². The van der Waals surface area contributed by atoms with E-state index in [2.05, 4.69) is 26.1 Å². The first-order chi connectivity index (χ1) is 29.9. The van der Waals surface area contributed by atoms with Gasteiger partial charge in [-0.05, 0) is 62.9 Å². The van der Waals surface area contributed by atoms with Crippen molar-refractivity contribution in [2.75, 3.05) is 26.8 Å². The maximum absolute atomic E-state index is 13.6. The van der Waals surface area contributed by atoms with E-state index in [4.69, 9.17) is 26.1 Å². The van der Waals surface area contributed by atoms with Crippen LogP contribution in [0.2, 0.25) is 5.02 Å². The molecule has 324 valence electrons. The SMILES string of the molecule is COC(=O)CC1N=C(c2ccc(Cl)cc2)c2c(sc(C(=O)NCCCCCCCCNC(=O)COc3cccc4c3C(=O)N(C3CCC(=O)NC3=O)C4=O)c2C)-n2c(C)nnc21. The van der Waals surface area contributed by atoms with Gasteiger partial charge in [-0.1, -0.05) is 55.5 Å². The summed E-state index contributed by atoms with van der Waals surface area (Å²) in [5, 5.41) is 18.0. The lowest BCUT2D eigenvalue weighted by atomic mass is 9.99. The molecule has 0 bridgehead atoms. The van der Waals surface area contributed by atoms with Gasteiger partial charge < -0.3 is 20.1 Å². The Morgan fingerprint density at radius 1 is 0.903 bits per heavy atom. The number of amides is 6. The van der Waals surface area contributed by atoms with Gasteiger partial charge in [0, 0.05) is 35.7 Å². The van der Waals surface area contributed by atoms with E-state index < -0.39 is 41.7 Å². The summed E-state index contributed by atoms with van der Waals surface area (Å²) < 4.78 is 12.5. The van der Waals surface area contributed by atoms with Gasteiger partial charge in [0.05, 0.1) is 35.2 Å². The number of carbonyl (C=O) groups is 7. The Bertz CT molecular complexity index is 2480. The van der Waals surface area contributed by atoms with Crippen LogP contribution in [0.15, 0.2) is 47.5 Å². The Morgan fingerprint density at radius 3 is 2.32 bits per heavy atom. The van der Waals surface area contributed by atoms with E-state index >= 15 is 0 Å². The van der Waals surface area contributed by atoms with Crippen LogP contribution in [-0.2, 0) is 23.9 Å². The number of imide groups is 2. The number of nitrogens with one attached hydrogen (secondary N) is 3. The van der Waals surface area contributed by atoms with Gasteiger partial charge in [0.25, 0.3) is 23.6 Å². The third-order valence-corrected chi connectivity index (χ3v) is 12.4. The van der Waals surface area contributed by atoms with E-state index in [1.807, 2.05) is 30.5 Å². The van der Waals surface area contributed by atoms with Gasteiger partial charge in [-0.25, -0.2) is 0 Å². The molecule has 2 unspecified atom stereocenters. The molecule has 3 N–H and O–H groups in total. The minimum absolute atomic E-state index is 0.00857. The summed E-state index contributed by atoms with van der Waals surface area (Å²) in [6.45, 7) is 4.27. The summed E-state index contributed by atoms with van der Waals surface area (Å²) in [6, 6.07) is 9.97. The molecule has 3 aliphatic rings. The number of hydrogen-bond donors (Lipinski definition) is 3. The molecule has 2 aromatic heterocycles. The van der Waals surface area contributed by atoms with Gasteiger partial charge in [0.1, 0.15) is 28.7 Å². The summed E-state index contributed by atoms with van der Waals surface area (Å²) in [4.78, 5) is 95.4. The topological polar surface area (TPSA) is 220 Å². The zero-order valence-electron chi connectivity index (χ0n) is 34.4. The molecular formula is C43H45ClN8O9S. The molecule has 7 rings (SSSR count). The monoisotopic (exact) mass is 884 g/mol. The zero-order chi connectivity index (χ0) is 44.1. The Labute approximate surface area is 365 Å². The highest BCUT2D eigenvalue weighted by Gasteiger charge is 2.46. The molecule has 2 atom stereocenters. The molecule has 5 heterocycles. The quantitative estimate of drug-likeness (QED) is 0.0748. The highest BCUT2D eigenvalue weighted by Crippen LogP contribution is 2.40. The number of ether oxygens (including phenoxy) is 2. The number of benzene rings is 2. The molecule has 0 aliphatic carbocycles. The number of esters is 1. The van der Waals surface area contributed by atoms with E-state index in [0.717, 1.165) is 65.1 Å². The Morgan fingerprint density at radius 2 is 1.61 bits per heavy atom. The Kier molecular flexibility index (Phi) is 13.6. The van der Waals surface area contributed by atoms with Crippen molar-refractivity contribution in [3.8, 4) is 10.8 Å². The van der Waals surface area contributed by atoms with Crippen molar-refractivity contribution >= 4 is 70.1 Å². The summed E-state index contributed by atoms with van der Waals surface area (Å²) in [5.74, 6) is -2.41. The summed E-state index contributed by atoms with van der Waals surface area (Å²) in [5.41, 5.74) is 2.96. The van der Waals surface area contributed by atoms with Crippen molar-refractivity contribution in [3.05, 3.63) is 91.8 Å². The fraction of sp³-hybridized carbons (Fsp3) is 0.395. The molecule has 4 aromatic rings. The van der Waals surface area contributed by atoms with Crippen molar-refractivity contribution in [2.45, 2.75) is 83.7 Å². The minimum atomic E-state index is -1.10. The molecule has 17 nitrogen and oxygen atoms in total. The first kappa shape index (κ1) is 43.8. The van der Waals surface area contributed by atoms with E-state index in [1.165, 1.54) is 36.6 Å². The van der Waals surface area contributed by atoms with Gasteiger partial charge in [0.15, 0.2) is 12.4 Å². The second kappa shape index (κ2) is 19.2. The lowest BCUT2D eigenvalue weighted by molar-refractivity contribution is -0.141. The van der Waals surface area contributed by atoms with Gasteiger partial charge in [0.2, 0.25) is 11.8 Å². The van der Waals surface area contributed by atoms with Gasteiger partial charge in [-0.15, -0.1) is 21.5 Å². The number of nitrogens with zero attached hydrogens (tertiary/aromatic N) is 5. The second-order valence-electron chi connectivity index (χ2n) is 15.1. The first-order valence-corrected chi connectivity index (χ1v) is 21.6.